The number of carbonyl (C=O) groups excluding carboxylic acids is 1. The molecule has 1 saturated heterocycles. The third kappa shape index (κ3) is 4.27. The third-order valence-electron chi connectivity index (χ3n) is 2.95. The molecule has 2 heterocycles. The van der Waals surface area contributed by atoms with Crippen LogP contribution in [0.15, 0.2) is 0 Å². The molecule has 1 aromatic rings. The first-order valence-corrected chi connectivity index (χ1v) is 7.30. The van der Waals surface area contributed by atoms with Gasteiger partial charge in [-0.05, 0) is 19.8 Å². The number of carbonyl (C=O) groups is 1. The number of piperidine rings is 1. The van der Waals surface area contributed by atoms with Crippen LogP contribution in [-0.2, 0) is 10.9 Å². The molecule has 21 heavy (non-hydrogen) atoms. The van der Waals surface area contributed by atoms with E-state index in [1.807, 2.05) is 6.92 Å². The van der Waals surface area contributed by atoms with Crippen LogP contribution in [0.1, 0.15) is 24.8 Å². The summed E-state index contributed by atoms with van der Waals surface area (Å²) in [4.78, 5) is 13.5. The second-order valence-electron chi connectivity index (χ2n) is 4.51. The smallest absolute Gasteiger partial charge is 0.377 e. The van der Waals surface area contributed by atoms with Crippen LogP contribution >= 0.6 is 11.3 Å². The molecule has 118 valence electrons. The van der Waals surface area contributed by atoms with Crippen LogP contribution in [0, 0.1) is 0 Å². The standard InChI is InChI=1S/C11H15F3N4O2S/c1-2-20-7-4-3-5-18(6-7)10(19)15-9-17-16-8(21-9)11(12,13)14/h7H,2-6H2,1H3,(H,15,17,19). The minimum atomic E-state index is -4.55. The van der Waals surface area contributed by atoms with Gasteiger partial charge in [0, 0.05) is 19.7 Å². The first-order valence-electron chi connectivity index (χ1n) is 6.48. The van der Waals surface area contributed by atoms with Crippen molar-refractivity contribution in [3.8, 4) is 0 Å². The molecule has 0 saturated carbocycles. The molecule has 1 aliphatic rings. The molecule has 1 N–H and O–H groups in total. The number of rotatable bonds is 3. The van der Waals surface area contributed by atoms with Crippen LogP contribution in [-0.4, -0.2) is 46.9 Å². The summed E-state index contributed by atoms with van der Waals surface area (Å²) in [5, 5.41) is 7.45. The van der Waals surface area contributed by atoms with Crippen LogP contribution < -0.4 is 5.32 Å². The van der Waals surface area contributed by atoms with Crippen molar-refractivity contribution in [1.82, 2.24) is 15.1 Å². The molecule has 1 atom stereocenters. The van der Waals surface area contributed by atoms with Crippen molar-refractivity contribution in [2.24, 2.45) is 0 Å². The summed E-state index contributed by atoms with van der Waals surface area (Å²) in [7, 11) is 0. The number of hydrogen-bond acceptors (Lipinski definition) is 5. The van der Waals surface area contributed by atoms with Crippen LogP contribution in [0.5, 0.6) is 0 Å². The average Bonchev–Trinajstić information content (AvgIpc) is 2.88. The predicted octanol–water partition coefficient (Wildman–Crippen LogP) is 2.59. The van der Waals surface area contributed by atoms with Gasteiger partial charge in [-0.15, -0.1) is 10.2 Å². The lowest BCUT2D eigenvalue weighted by Crippen LogP contribution is -2.45. The first-order chi connectivity index (χ1) is 9.90. The second-order valence-corrected chi connectivity index (χ2v) is 5.48. The molecule has 10 heteroatoms. The van der Waals surface area contributed by atoms with E-state index in [9.17, 15) is 18.0 Å². The van der Waals surface area contributed by atoms with Crippen molar-refractivity contribution in [3.63, 3.8) is 0 Å². The molecular weight excluding hydrogens is 309 g/mol. The SMILES string of the molecule is CCOC1CCCN(C(=O)Nc2nnc(C(F)(F)F)s2)C1. The largest absolute Gasteiger partial charge is 0.445 e. The highest BCUT2D eigenvalue weighted by Crippen LogP contribution is 2.33. The fourth-order valence-electron chi connectivity index (χ4n) is 2.05. The molecule has 1 aromatic heterocycles. The van der Waals surface area contributed by atoms with Crippen molar-refractivity contribution in [2.45, 2.75) is 32.0 Å². The zero-order chi connectivity index (χ0) is 15.5. The van der Waals surface area contributed by atoms with Gasteiger partial charge in [0.1, 0.15) is 0 Å². The quantitative estimate of drug-likeness (QED) is 0.928. The predicted molar refractivity (Wildman–Crippen MR) is 70.2 cm³/mol. The molecule has 0 aliphatic carbocycles. The molecule has 2 rings (SSSR count). The Bertz CT molecular complexity index is 492. The molecule has 1 unspecified atom stereocenters. The van der Waals surface area contributed by atoms with E-state index in [1.165, 1.54) is 4.90 Å². The Labute approximate surface area is 123 Å². The number of ether oxygens (including phenoxy) is 1. The average molecular weight is 324 g/mol. The number of likely N-dealkylation sites (tertiary alicyclic amines) is 1. The van der Waals surface area contributed by atoms with Crippen molar-refractivity contribution >= 4 is 22.5 Å². The first kappa shape index (κ1) is 16.0. The van der Waals surface area contributed by atoms with Crippen LogP contribution in [0.3, 0.4) is 0 Å². The van der Waals surface area contributed by atoms with Crippen LogP contribution in [0.2, 0.25) is 0 Å². The normalized spacial score (nSPS) is 19.6. The topological polar surface area (TPSA) is 67.3 Å². The number of hydrogen-bond donors (Lipinski definition) is 1. The highest BCUT2D eigenvalue weighted by Gasteiger charge is 2.36. The van der Waals surface area contributed by atoms with Gasteiger partial charge in [-0.2, -0.15) is 13.2 Å². The maximum absolute atomic E-state index is 12.4. The Balaban J connectivity index is 1.93. The lowest BCUT2D eigenvalue weighted by Gasteiger charge is -2.32. The molecule has 0 aromatic carbocycles. The zero-order valence-corrected chi connectivity index (χ0v) is 12.1. The molecule has 0 radical (unpaired) electrons. The van der Waals surface area contributed by atoms with Crippen molar-refractivity contribution in [2.75, 3.05) is 25.0 Å². The number of nitrogens with zero attached hydrogens (tertiary/aromatic N) is 3. The zero-order valence-electron chi connectivity index (χ0n) is 11.3. The third-order valence-corrected chi connectivity index (χ3v) is 3.83. The second kappa shape index (κ2) is 6.56. The summed E-state index contributed by atoms with van der Waals surface area (Å²) in [5.41, 5.74) is 0. The number of amides is 2. The van der Waals surface area contributed by atoms with Gasteiger partial charge in [-0.1, -0.05) is 11.3 Å². The summed E-state index contributed by atoms with van der Waals surface area (Å²) < 4.78 is 42.7. The number of aromatic nitrogens is 2. The van der Waals surface area contributed by atoms with E-state index in [1.54, 1.807) is 0 Å². The van der Waals surface area contributed by atoms with Gasteiger partial charge in [-0.3, -0.25) is 5.32 Å². The van der Waals surface area contributed by atoms with Gasteiger partial charge in [0.05, 0.1) is 6.10 Å². The van der Waals surface area contributed by atoms with E-state index >= 15 is 0 Å². The Morgan fingerprint density at radius 1 is 1.52 bits per heavy atom. The molecule has 6 nitrogen and oxygen atoms in total. The van der Waals surface area contributed by atoms with Crippen molar-refractivity contribution in [3.05, 3.63) is 5.01 Å². The van der Waals surface area contributed by atoms with Crippen molar-refractivity contribution in [1.29, 1.82) is 0 Å². The maximum atomic E-state index is 12.4. The van der Waals surface area contributed by atoms with E-state index in [0.717, 1.165) is 12.8 Å². The molecule has 2 amide bonds. The van der Waals surface area contributed by atoms with Gasteiger partial charge in [0.25, 0.3) is 0 Å². The summed E-state index contributed by atoms with van der Waals surface area (Å²) >= 11 is 0.306. The van der Waals surface area contributed by atoms with E-state index in [4.69, 9.17) is 4.74 Å². The molecule has 1 aliphatic heterocycles. The summed E-state index contributed by atoms with van der Waals surface area (Å²) in [6.45, 7) is 3.40. The monoisotopic (exact) mass is 324 g/mol. The summed E-state index contributed by atoms with van der Waals surface area (Å²) in [5.74, 6) is 0. The Morgan fingerprint density at radius 3 is 2.90 bits per heavy atom. The van der Waals surface area contributed by atoms with Crippen molar-refractivity contribution < 1.29 is 22.7 Å². The highest BCUT2D eigenvalue weighted by molar-refractivity contribution is 7.15. The molecule has 0 bridgehead atoms. The summed E-state index contributed by atoms with van der Waals surface area (Å²) in [6.07, 6.45) is -2.92. The van der Waals surface area contributed by atoms with Crippen LogP contribution in [0.4, 0.5) is 23.1 Å². The van der Waals surface area contributed by atoms with Gasteiger partial charge in [0.2, 0.25) is 10.1 Å². The molecule has 1 fully saturated rings. The van der Waals surface area contributed by atoms with Crippen LogP contribution in [0.25, 0.3) is 0 Å². The number of alkyl halides is 3. The number of halogens is 3. The summed E-state index contributed by atoms with van der Waals surface area (Å²) in [6, 6.07) is -0.482. The fraction of sp³-hybridized carbons (Fsp3) is 0.727. The number of urea groups is 1. The molecule has 0 spiro atoms. The Kier molecular flexibility index (Phi) is 4.99. The van der Waals surface area contributed by atoms with E-state index in [-0.39, 0.29) is 11.2 Å². The van der Waals surface area contributed by atoms with Gasteiger partial charge in [0.15, 0.2) is 0 Å². The van der Waals surface area contributed by atoms with E-state index in [0.29, 0.717) is 31.0 Å². The highest BCUT2D eigenvalue weighted by atomic mass is 32.1. The van der Waals surface area contributed by atoms with Gasteiger partial charge in [-0.25, -0.2) is 4.79 Å². The van der Waals surface area contributed by atoms with E-state index in [2.05, 4.69) is 15.5 Å². The lowest BCUT2D eigenvalue weighted by molar-refractivity contribution is -0.138. The Hall–Kier alpha value is -1.42. The number of anilines is 1. The lowest BCUT2D eigenvalue weighted by atomic mass is 10.1. The minimum Gasteiger partial charge on any atom is -0.377 e. The maximum Gasteiger partial charge on any atom is 0.445 e. The molecular formula is C11H15F3N4O2S. The Morgan fingerprint density at radius 2 is 2.29 bits per heavy atom. The van der Waals surface area contributed by atoms with Gasteiger partial charge < -0.3 is 9.64 Å². The fourth-order valence-corrected chi connectivity index (χ4v) is 2.65. The van der Waals surface area contributed by atoms with E-state index < -0.39 is 17.2 Å². The minimum absolute atomic E-state index is 0.0327. The van der Waals surface area contributed by atoms with Gasteiger partial charge >= 0.3 is 12.2 Å². The number of nitrogens with one attached hydrogen (secondary N) is 1.